The van der Waals surface area contributed by atoms with E-state index < -0.39 is 5.60 Å². The number of ether oxygens (including phenoxy) is 1. The van der Waals surface area contributed by atoms with Gasteiger partial charge in [0.15, 0.2) is 5.76 Å². The van der Waals surface area contributed by atoms with Crippen LogP contribution in [-0.4, -0.2) is 29.4 Å². The van der Waals surface area contributed by atoms with E-state index in [4.69, 9.17) is 20.3 Å². The number of nitrogens with one attached hydrogen (secondary N) is 2. The molecule has 0 unspecified atom stereocenters. The number of carbonyl (C=O) groups is 2. The number of carbonyl (C=O) groups excluding carboxylic acids is 2. The first-order valence-electron chi connectivity index (χ1n) is 10.5. The van der Waals surface area contributed by atoms with Gasteiger partial charge in [-0.15, -0.1) is 0 Å². The van der Waals surface area contributed by atoms with Gasteiger partial charge in [0, 0.05) is 23.4 Å². The monoisotopic (exact) mass is 413 g/mol. The highest BCUT2D eigenvalue weighted by Gasteiger charge is 2.25. The van der Waals surface area contributed by atoms with Crippen LogP contribution in [0.3, 0.4) is 0 Å². The maximum atomic E-state index is 12.6. The predicted octanol–water partition coefficient (Wildman–Crippen LogP) is 4.13. The Morgan fingerprint density at radius 3 is 2.53 bits per heavy atom. The highest BCUT2D eigenvalue weighted by atomic mass is 16.6. The molecule has 1 aromatic heterocycles. The van der Waals surface area contributed by atoms with E-state index in [0.29, 0.717) is 23.5 Å². The number of nitrogens with two attached hydrogens (primary N) is 1. The summed E-state index contributed by atoms with van der Waals surface area (Å²) in [5.74, 6) is 0.357. The fourth-order valence-corrected chi connectivity index (χ4v) is 3.89. The number of amidine groups is 1. The van der Waals surface area contributed by atoms with Gasteiger partial charge in [-0.25, -0.2) is 0 Å². The van der Waals surface area contributed by atoms with E-state index in [-0.39, 0.29) is 29.5 Å². The van der Waals surface area contributed by atoms with Crippen molar-refractivity contribution in [1.82, 2.24) is 5.32 Å². The maximum absolute atomic E-state index is 12.6. The number of esters is 1. The molecular weight excluding hydrogens is 382 g/mol. The summed E-state index contributed by atoms with van der Waals surface area (Å²) >= 11 is 0. The first-order chi connectivity index (χ1) is 14.1. The van der Waals surface area contributed by atoms with Gasteiger partial charge in [0.1, 0.15) is 17.0 Å². The van der Waals surface area contributed by atoms with Crippen molar-refractivity contribution < 1.29 is 18.7 Å². The molecule has 2 aromatic rings. The van der Waals surface area contributed by atoms with Gasteiger partial charge >= 0.3 is 5.97 Å². The van der Waals surface area contributed by atoms with Gasteiger partial charge < -0.3 is 20.2 Å². The second-order valence-electron chi connectivity index (χ2n) is 9.09. The van der Waals surface area contributed by atoms with Gasteiger partial charge in [-0.1, -0.05) is 0 Å². The van der Waals surface area contributed by atoms with Crippen LogP contribution in [0.25, 0.3) is 11.0 Å². The van der Waals surface area contributed by atoms with Gasteiger partial charge in [0.05, 0.1) is 0 Å². The van der Waals surface area contributed by atoms with Crippen LogP contribution < -0.4 is 11.1 Å². The van der Waals surface area contributed by atoms with Crippen LogP contribution in [0.1, 0.15) is 75.4 Å². The Morgan fingerprint density at radius 1 is 1.20 bits per heavy atom. The van der Waals surface area contributed by atoms with Gasteiger partial charge in [-0.2, -0.15) is 0 Å². The first-order valence-corrected chi connectivity index (χ1v) is 10.5. The third kappa shape index (κ3) is 5.84. The summed E-state index contributed by atoms with van der Waals surface area (Å²) in [5.41, 5.74) is 6.27. The van der Waals surface area contributed by atoms with E-state index in [1.54, 1.807) is 24.3 Å². The third-order valence-corrected chi connectivity index (χ3v) is 5.41. The molecule has 1 amide bonds. The van der Waals surface area contributed by atoms with Crippen molar-refractivity contribution in [3.8, 4) is 0 Å². The first kappa shape index (κ1) is 21.9. The summed E-state index contributed by atoms with van der Waals surface area (Å²) < 4.78 is 11.0. The quantitative estimate of drug-likeness (QED) is 0.374. The lowest BCUT2D eigenvalue weighted by Gasteiger charge is -2.29. The highest BCUT2D eigenvalue weighted by molar-refractivity contribution is 6.00. The molecule has 0 atom stereocenters. The van der Waals surface area contributed by atoms with Crippen molar-refractivity contribution in [2.75, 3.05) is 0 Å². The molecule has 0 saturated heterocycles. The lowest BCUT2D eigenvalue weighted by molar-refractivity contribution is -0.155. The van der Waals surface area contributed by atoms with Crippen LogP contribution in [0.4, 0.5) is 0 Å². The fraction of sp³-hybridized carbons (Fsp3) is 0.522. The standard InChI is InChI=1S/C23H31N3O4/c1-23(2,3)30-20(27)11-6-14-4-8-17(9-5-14)26-22(28)19-13-16-12-15(21(24)25)7-10-18(16)29-19/h7,10,12-14,17H,4-6,8-9,11H2,1-3H3,(H3,24,25)(H,26,28)/t14-,17-. The fourth-order valence-electron chi connectivity index (χ4n) is 3.89. The molecular formula is C23H31N3O4. The Kier molecular flexibility index (Phi) is 6.48. The van der Waals surface area contributed by atoms with E-state index in [1.807, 2.05) is 20.8 Å². The van der Waals surface area contributed by atoms with Crippen molar-refractivity contribution in [3.63, 3.8) is 0 Å². The minimum Gasteiger partial charge on any atom is -0.460 e. The Balaban J connectivity index is 1.48. The number of rotatable bonds is 6. The summed E-state index contributed by atoms with van der Waals surface area (Å²) in [5, 5.41) is 11.3. The largest absolute Gasteiger partial charge is 0.460 e. The second-order valence-corrected chi connectivity index (χ2v) is 9.09. The highest BCUT2D eigenvalue weighted by Crippen LogP contribution is 2.29. The number of fused-ring (bicyclic) bond motifs is 1. The summed E-state index contributed by atoms with van der Waals surface area (Å²) in [7, 11) is 0. The van der Waals surface area contributed by atoms with Crippen LogP contribution >= 0.6 is 0 Å². The van der Waals surface area contributed by atoms with Gasteiger partial charge in [0.2, 0.25) is 0 Å². The zero-order chi connectivity index (χ0) is 21.9. The molecule has 7 nitrogen and oxygen atoms in total. The van der Waals surface area contributed by atoms with E-state index >= 15 is 0 Å². The molecule has 1 aliphatic carbocycles. The third-order valence-electron chi connectivity index (χ3n) is 5.41. The van der Waals surface area contributed by atoms with Crippen molar-refractivity contribution in [2.24, 2.45) is 11.7 Å². The van der Waals surface area contributed by atoms with Crippen molar-refractivity contribution in [3.05, 3.63) is 35.6 Å². The Hall–Kier alpha value is -2.83. The Morgan fingerprint density at radius 2 is 1.90 bits per heavy atom. The molecule has 1 fully saturated rings. The molecule has 4 N–H and O–H groups in total. The number of hydrogen-bond acceptors (Lipinski definition) is 5. The van der Waals surface area contributed by atoms with Crippen LogP contribution in [-0.2, 0) is 9.53 Å². The summed E-state index contributed by atoms with van der Waals surface area (Å²) in [6.45, 7) is 5.63. The normalized spacial score (nSPS) is 19.4. The van der Waals surface area contributed by atoms with Crippen LogP contribution in [0.5, 0.6) is 0 Å². The molecule has 7 heteroatoms. The second kappa shape index (κ2) is 8.90. The SMILES string of the molecule is CC(C)(C)OC(=O)CC[C@H]1CC[C@H](NC(=O)c2cc3cc(C(=N)N)ccc3o2)CC1. The zero-order valence-electron chi connectivity index (χ0n) is 17.9. The molecule has 0 bridgehead atoms. The molecule has 0 aliphatic heterocycles. The van der Waals surface area contributed by atoms with E-state index in [1.165, 1.54) is 0 Å². The lowest BCUT2D eigenvalue weighted by atomic mass is 9.83. The number of amides is 1. The minimum absolute atomic E-state index is 0.0208. The van der Waals surface area contributed by atoms with E-state index in [9.17, 15) is 9.59 Å². The summed E-state index contributed by atoms with van der Waals surface area (Å²) in [6.07, 6.45) is 5.02. The molecule has 1 aromatic carbocycles. The van der Waals surface area contributed by atoms with Gasteiger partial charge in [-0.3, -0.25) is 15.0 Å². The summed E-state index contributed by atoms with van der Waals surface area (Å²) in [6, 6.07) is 6.96. The number of hydrogen-bond donors (Lipinski definition) is 3. The minimum atomic E-state index is -0.441. The lowest BCUT2D eigenvalue weighted by Crippen LogP contribution is -2.37. The topological polar surface area (TPSA) is 118 Å². The number of nitrogen functional groups attached to an aromatic ring is 1. The van der Waals surface area contributed by atoms with Crippen LogP contribution in [0, 0.1) is 11.3 Å². The molecule has 1 heterocycles. The van der Waals surface area contributed by atoms with Crippen LogP contribution in [0.2, 0.25) is 0 Å². The van der Waals surface area contributed by atoms with Crippen molar-refractivity contribution in [1.29, 1.82) is 5.41 Å². The molecule has 162 valence electrons. The van der Waals surface area contributed by atoms with Crippen molar-refractivity contribution in [2.45, 2.75) is 70.9 Å². The average molecular weight is 414 g/mol. The van der Waals surface area contributed by atoms with E-state index in [0.717, 1.165) is 37.5 Å². The smallest absolute Gasteiger partial charge is 0.306 e. The number of benzene rings is 1. The van der Waals surface area contributed by atoms with Gasteiger partial charge in [0.25, 0.3) is 5.91 Å². The predicted molar refractivity (Wildman–Crippen MR) is 116 cm³/mol. The maximum Gasteiger partial charge on any atom is 0.306 e. The van der Waals surface area contributed by atoms with Gasteiger partial charge in [-0.05, 0) is 83.1 Å². The Bertz CT molecular complexity index is 934. The zero-order valence-corrected chi connectivity index (χ0v) is 17.9. The molecule has 1 saturated carbocycles. The molecule has 0 spiro atoms. The average Bonchev–Trinajstić information content (AvgIpc) is 3.09. The van der Waals surface area contributed by atoms with E-state index in [2.05, 4.69) is 5.32 Å². The molecule has 30 heavy (non-hydrogen) atoms. The van der Waals surface area contributed by atoms with Crippen molar-refractivity contribution >= 4 is 28.7 Å². The molecule has 3 rings (SSSR count). The molecule has 1 aliphatic rings. The molecule has 0 radical (unpaired) electrons. The number of furan rings is 1. The Labute approximate surface area is 176 Å². The summed E-state index contributed by atoms with van der Waals surface area (Å²) in [4.78, 5) is 24.5. The van der Waals surface area contributed by atoms with Crippen LogP contribution in [0.15, 0.2) is 28.7 Å².